The Bertz CT molecular complexity index is 885. The van der Waals surface area contributed by atoms with Gasteiger partial charge in [-0.1, -0.05) is 119 Å². The van der Waals surface area contributed by atoms with Gasteiger partial charge >= 0.3 is 0 Å². The zero-order valence-electron chi connectivity index (χ0n) is 14.3. The van der Waals surface area contributed by atoms with E-state index >= 15 is 0 Å². The second kappa shape index (κ2) is 7.44. The Kier molecular flexibility index (Phi) is 4.87. The molecular formula is C24H19BrSi. The summed E-state index contributed by atoms with van der Waals surface area (Å²) >= 11 is 3.69. The van der Waals surface area contributed by atoms with E-state index in [1.54, 1.807) is 0 Å². The second-order valence-electron chi connectivity index (χ2n) is 6.36. The van der Waals surface area contributed by atoms with E-state index in [1.165, 1.54) is 20.7 Å². The molecule has 4 rings (SSSR count). The van der Waals surface area contributed by atoms with Crippen LogP contribution in [0.5, 0.6) is 0 Å². The van der Waals surface area contributed by atoms with Crippen molar-refractivity contribution in [2.24, 2.45) is 0 Å². The number of hydrogen-bond donors (Lipinski definition) is 0. The van der Waals surface area contributed by atoms with Gasteiger partial charge < -0.3 is 0 Å². The smallest absolute Gasteiger partial charge is 0.0623 e. The average Bonchev–Trinajstić information content (AvgIpc) is 2.71. The first kappa shape index (κ1) is 17.0. The molecule has 0 aliphatic rings. The Hall–Kier alpha value is -2.42. The molecule has 0 amide bonds. The highest BCUT2D eigenvalue weighted by atomic mass is 79.9. The van der Waals surface area contributed by atoms with Gasteiger partial charge in [0.05, 0.1) is 0 Å². The van der Waals surface area contributed by atoms with Crippen LogP contribution in [0.15, 0.2) is 120 Å². The van der Waals surface area contributed by atoms with Crippen LogP contribution < -0.4 is 20.7 Å². The average molecular weight is 415 g/mol. The minimum atomic E-state index is -2.36. The summed E-state index contributed by atoms with van der Waals surface area (Å²) in [6, 6.07) is 41.7. The van der Waals surface area contributed by atoms with Crippen LogP contribution in [0.4, 0.5) is 0 Å². The number of halogens is 1. The van der Waals surface area contributed by atoms with E-state index in [2.05, 4.69) is 131 Å². The third-order valence-electron chi connectivity index (χ3n) is 4.88. The van der Waals surface area contributed by atoms with Gasteiger partial charge in [0.1, 0.15) is 0 Å². The highest BCUT2D eigenvalue weighted by Gasteiger charge is 2.41. The van der Waals surface area contributed by atoms with Crippen molar-refractivity contribution in [1.82, 2.24) is 0 Å². The monoisotopic (exact) mass is 414 g/mol. The van der Waals surface area contributed by atoms with Gasteiger partial charge in [0.15, 0.2) is 8.07 Å². The van der Waals surface area contributed by atoms with E-state index in [0.717, 1.165) is 4.47 Å². The minimum absolute atomic E-state index is 1.12. The van der Waals surface area contributed by atoms with Crippen LogP contribution in [0.1, 0.15) is 0 Å². The van der Waals surface area contributed by atoms with Gasteiger partial charge in [-0.25, -0.2) is 0 Å². The highest BCUT2D eigenvalue weighted by Crippen LogP contribution is 2.13. The van der Waals surface area contributed by atoms with E-state index in [0.29, 0.717) is 0 Å². The zero-order chi connectivity index (χ0) is 17.8. The number of benzene rings is 4. The topological polar surface area (TPSA) is 0 Å². The molecule has 126 valence electrons. The van der Waals surface area contributed by atoms with E-state index in [9.17, 15) is 0 Å². The summed E-state index contributed by atoms with van der Waals surface area (Å²) in [7, 11) is -2.36. The maximum Gasteiger partial charge on any atom is 0.179 e. The minimum Gasteiger partial charge on any atom is -0.0623 e. The Morgan fingerprint density at radius 3 is 1.19 bits per heavy atom. The van der Waals surface area contributed by atoms with Crippen LogP contribution in [0.2, 0.25) is 0 Å². The Morgan fingerprint density at radius 2 is 0.808 bits per heavy atom. The molecule has 4 aromatic rings. The van der Waals surface area contributed by atoms with Crippen LogP contribution in [0.3, 0.4) is 0 Å². The molecule has 0 aromatic heterocycles. The predicted molar refractivity (Wildman–Crippen MR) is 118 cm³/mol. The molecular weight excluding hydrogens is 396 g/mol. The Morgan fingerprint density at radius 1 is 0.423 bits per heavy atom. The van der Waals surface area contributed by atoms with E-state index in [1.807, 2.05) is 0 Å². The first-order valence-corrected chi connectivity index (χ1v) is 11.5. The van der Waals surface area contributed by atoms with E-state index < -0.39 is 8.07 Å². The van der Waals surface area contributed by atoms with Crippen molar-refractivity contribution in [3.63, 3.8) is 0 Å². The summed E-state index contributed by atoms with van der Waals surface area (Å²) in [6.45, 7) is 0. The largest absolute Gasteiger partial charge is 0.179 e. The molecule has 0 heterocycles. The molecule has 0 radical (unpaired) electrons. The Balaban J connectivity index is 2.14. The van der Waals surface area contributed by atoms with Gasteiger partial charge in [-0.3, -0.25) is 0 Å². The summed E-state index contributed by atoms with van der Waals surface area (Å²) in [5.41, 5.74) is 0. The third-order valence-corrected chi connectivity index (χ3v) is 10.1. The quantitative estimate of drug-likeness (QED) is 0.351. The maximum absolute atomic E-state index is 3.69. The molecule has 0 bridgehead atoms. The highest BCUT2D eigenvalue weighted by molar-refractivity contribution is 9.10. The van der Waals surface area contributed by atoms with Crippen molar-refractivity contribution in [2.45, 2.75) is 0 Å². The molecule has 0 aliphatic carbocycles. The van der Waals surface area contributed by atoms with Gasteiger partial charge in [0.25, 0.3) is 0 Å². The fourth-order valence-electron chi connectivity index (χ4n) is 3.79. The second-order valence-corrected chi connectivity index (χ2v) is 11.1. The van der Waals surface area contributed by atoms with Crippen molar-refractivity contribution < 1.29 is 0 Å². The lowest BCUT2D eigenvalue weighted by Crippen LogP contribution is -2.74. The molecule has 0 saturated heterocycles. The molecule has 0 atom stereocenters. The molecule has 0 aliphatic heterocycles. The SMILES string of the molecule is Brc1cccc([Si](c2ccccc2)(c2ccccc2)c2ccccc2)c1. The van der Waals surface area contributed by atoms with Crippen molar-refractivity contribution in [3.05, 3.63) is 120 Å². The maximum atomic E-state index is 3.69. The lowest BCUT2D eigenvalue weighted by molar-refractivity contribution is 1.64. The van der Waals surface area contributed by atoms with Gasteiger partial charge in [0.2, 0.25) is 0 Å². The lowest BCUT2D eigenvalue weighted by Gasteiger charge is -2.34. The fourth-order valence-corrected chi connectivity index (χ4v) is 9.19. The molecule has 0 nitrogen and oxygen atoms in total. The molecule has 0 spiro atoms. The summed E-state index contributed by atoms with van der Waals surface area (Å²) in [4.78, 5) is 0. The standard InChI is InChI=1S/C24H19BrSi/c25-20-11-10-18-24(19-20)26(21-12-4-1-5-13-21,22-14-6-2-7-15-22)23-16-8-3-9-17-23/h1-19H. The van der Waals surface area contributed by atoms with Crippen LogP contribution >= 0.6 is 15.9 Å². The molecule has 0 saturated carbocycles. The van der Waals surface area contributed by atoms with Crippen LogP contribution in [-0.4, -0.2) is 8.07 Å². The van der Waals surface area contributed by atoms with Gasteiger partial charge in [-0.15, -0.1) is 0 Å². The summed E-state index contributed by atoms with van der Waals surface area (Å²) in [5.74, 6) is 0. The third kappa shape index (κ3) is 2.96. The Labute approximate surface area is 164 Å². The van der Waals surface area contributed by atoms with Crippen molar-refractivity contribution >= 4 is 44.8 Å². The molecule has 0 N–H and O–H groups in total. The zero-order valence-corrected chi connectivity index (χ0v) is 16.9. The normalized spacial score (nSPS) is 11.3. The van der Waals surface area contributed by atoms with Crippen LogP contribution in [-0.2, 0) is 0 Å². The van der Waals surface area contributed by atoms with Crippen molar-refractivity contribution in [3.8, 4) is 0 Å². The fraction of sp³-hybridized carbons (Fsp3) is 0. The first-order chi connectivity index (χ1) is 12.8. The van der Waals surface area contributed by atoms with Crippen molar-refractivity contribution in [1.29, 1.82) is 0 Å². The van der Waals surface area contributed by atoms with Gasteiger partial charge in [-0.05, 0) is 32.9 Å². The molecule has 0 unspecified atom stereocenters. The van der Waals surface area contributed by atoms with E-state index in [4.69, 9.17) is 0 Å². The number of rotatable bonds is 4. The van der Waals surface area contributed by atoms with Crippen molar-refractivity contribution in [2.75, 3.05) is 0 Å². The summed E-state index contributed by atoms with van der Waals surface area (Å²) in [6.07, 6.45) is 0. The van der Waals surface area contributed by atoms with Crippen LogP contribution in [0, 0.1) is 0 Å². The lowest BCUT2D eigenvalue weighted by atomic mass is 10.3. The molecule has 2 heteroatoms. The summed E-state index contributed by atoms with van der Waals surface area (Å²) < 4.78 is 1.12. The van der Waals surface area contributed by atoms with Gasteiger partial charge in [-0.2, -0.15) is 0 Å². The predicted octanol–water partition coefficient (Wildman–Crippen LogP) is 3.83. The summed E-state index contributed by atoms with van der Waals surface area (Å²) in [5, 5.41) is 5.58. The van der Waals surface area contributed by atoms with E-state index in [-0.39, 0.29) is 0 Å². The number of hydrogen-bond acceptors (Lipinski definition) is 0. The molecule has 0 fully saturated rings. The molecule has 4 aromatic carbocycles. The van der Waals surface area contributed by atoms with Gasteiger partial charge in [0, 0.05) is 4.47 Å². The van der Waals surface area contributed by atoms with Crippen LogP contribution in [0.25, 0.3) is 0 Å². The molecule has 26 heavy (non-hydrogen) atoms. The first-order valence-electron chi connectivity index (χ1n) is 8.74.